The van der Waals surface area contributed by atoms with Crippen LogP contribution in [-0.2, 0) is 50.3 Å². The Bertz CT molecular complexity index is 1340. The van der Waals surface area contributed by atoms with E-state index in [9.17, 15) is 19.0 Å². The number of epoxide rings is 1. The smallest absolute Gasteiger partial charge is 0.466 e. The van der Waals surface area contributed by atoms with Gasteiger partial charge in [0, 0.05) is 25.7 Å². The first-order valence-corrected chi connectivity index (χ1v) is 24.4. The summed E-state index contributed by atoms with van der Waals surface area (Å²) in [5, 5.41) is 0. The van der Waals surface area contributed by atoms with Crippen LogP contribution in [0.5, 0.6) is 0 Å². The number of esters is 2. The maximum atomic E-state index is 12.8. The minimum atomic E-state index is -4.40. The number of quaternary nitrogens is 1. The number of carbonyl (C=O) groups is 2. The number of allylic oxidation sites excluding steroid dienone is 1. The molecule has 0 saturated carbocycles. The standard InChI is InChI=1S/C46H82NO10P/c1-8-10-12-13-17-24-30-43-44(57-43)31-25-19-16-21-27-33-46(49)55-40(37-54-58(50,51)53-35-34-47(5,6)7)36-52-45(48)32-26-20-15-14-18-23-29-42-39(4)38(3)41(56-42)28-22-11-9-2/h17,24,40,43-44H,8-16,18-23,25-37H2,1-7H3/p+1/b24-17-/t40-,43?,44?/m1/s1. The zero-order valence-electron chi connectivity index (χ0n) is 37.7. The number of aryl methyl sites for hydroxylation is 2. The van der Waals surface area contributed by atoms with E-state index in [-0.39, 0.29) is 26.1 Å². The number of carbonyl (C=O) groups excluding carboxylic acids is 2. The molecule has 11 nitrogen and oxygen atoms in total. The third kappa shape index (κ3) is 25.6. The fraction of sp³-hybridized carbons (Fsp3) is 0.826. The van der Waals surface area contributed by atoms with E-state index in [2.05, 4.69) is 39.8 Å². The van der Waals surface area contributed by atoms with Gasteiger partial charge in [-0.1, -0.05) is 103 Å². The normalized spacial score (nSPS) is 17.1. The number of unbranched alkanes of at least 4 members (excludes halogenated alkanes) is 14. The molecule has 1 fully saturated rings. The molecule has 0 spiro atoms. The van der Waals surface area contributed by atoms with E-state index in [4.69, 9.17) is 27.7 Å². The molecule has 0 bridgehead atoms. The van der Waals surface area contributed by atoms with E-state index in [1.165, 1.54) is 49.7 Å². The van der Waals surface area contributed by atoms with Gasteiger partial charge in [-0.25, -0.2) is 4.57 Å². The third-order valence-corrected chi connectivity index (χ3v) is 11.9. The highest BCUT2D eigenvalue weighted by atomic mass is 31.2. The van der Waals surface area contributed by atoms with Crippen molar-refractivity contribution in [1.29, 1.82) is 0 Å². The van der Waals surface area contributed by atoms with Gasteiger partial charge in [0.1, 0.15) is 31.3 Å². The molecule has 1 aliphatic rings. The van der Waals surface area contributed by atoms with E-state index >= 15 is 0 Å². The fourth-order valence-corrected chi connectivity index (χ4v) is 7.65. The van der Waals surface area contributed by atoms with Crippen molar-refractivity contribution >= 4 is 19.8 Å². The van der Waals surface area contributed by atoms with Crippen LogP contribution in [0.25, 0.3) is 0 Å². The summed E-state index contributed by atoms with van der Waals surface area (Å²) in [5.74, 6) is 1.43. The zero-order chi connectivity index (χ0) is 42.7. The third-order valence-electron chi connectivity index (χ3n) is 10.9. The predicted octanol–water partition coefficient (Wildman–Crippen LogP) is 11.2. The van der Waals surface area contributed by atoms with Gasteiger partial charge >= 0.3 is 19.8 Å². The number of rotatable bonds is 37. The summed E-state index contributed by atoms with van der Waals surface area (Å²) in [5.41, 5.74) is 2.61. The van der Waals surface area contributed by atoms with Gasteiger partial charge in [-0.15, -0.1) is 0 Å². The number of likely N-dealkylation sites (N-methyl/N-ethyl adjacent to an activating group) is 1. The lowest BCUT2D eigenvalue weighted by Gasteiger charge is -2.24. The quantitative estimate of drug-likeness (QED) is 0.0172. The molecule has 336 valence electrons. The van der Waals surface area contributed by atoms with Crippen molar-refractivity contribution in [3.8, 4) is 0 Å². The summed E-state index contributed by atoms with van der Waals surface area (Å²) in [7, 11) is 1.43. The molecule has 0 amide bonds. The van der Waals surface area contributed by atoms with Crippen LogP contribution in [0.3, 0.4) is 0 Å². The lowest BCUT2D eigenvalue weighted by molar-refractivity contribution is -0.870. The Labute approximate surface area is 352 Å². The highest BCUT2D eigenvalue weighted by Gasteiger charge is 2.36. The molecule has 1 aromatic rings. The predicted molar refractivity (Wildman–Crippen MR) is 232 cm³/mol. The van der Waals surface area contributed by atoms with Crippen molar-refractivity contribution in [1.82, 2.24) is 0 Å². The maximum Gasteiger partial charge on any atom is 0.472 e. The van der Waals surface area contributed by atoms with Crippen LogP contribution in [0.15, 0.2) is 16.6 Å². The van der Waals surface area contributed by atoms with E-state index in [1.54, 1.807) is 0 Å². The average molecular weight is 841 g/mol. The molecule has 1 saturated heterocycles. The lowest BCUT2D eigenvalue weighted by atomic mass is 10.0. The number of nitrogens with zero attached hydrogens (tertiary/aromatic N) is 1. The van der Waals surface area contributed by atoms with Crippen LogP contribution in [0.1, 0.15) is 178 Å². The molecule has 0 aliphatic carbocycles. The van der Waals surface area contributed by atoms with Crippen LogP contribution in [-0.4, -0.2) is 87.1 Å². The monoisotopic (exact) mass is 841 g/mol. The van der Waals surface area contributed by atoms with Gasteiger partial charge in [-0.3, -0.25) is 18.6 Å². The lowest BCUT2D eigenvalue weighted by Crippen LogP contribution is -2.37. The summed E-state index contributed by atoms with van der Waals surface area (Å²) in [6, 6.07) is 0. The maximum absolute atomic E-state index is 12.8. The first-order chi connectivity index (χ1) is 27.7. The molecule has 0 aromatic carbocycles. The van der Waals surface area contributed by atoms with Gasteiger partial charge in [0.25, 0.3) is 0 Å². The Kier molecular flexibility index (Phi) is 27.0. The number of phosphoric ester groups is 1. The van der Waals surface area contributed by atoms with Crippen molar-refractivity contribution in [2.24, 2.45) is 0 Å². The number of furan rings is 1. The Hall–Kier alpha value is -2.01. The molecule has 1 N–H and O–H groups in total. The molecule has 0 radical (unpaired) electrons. The van der Waals surface area contributed by atoms with Crippen LogP contribution in [0.4, 0.5) is 0 Å². The molecule has 4 atom stereocenters. The van der Waals surface area contributed by atoms with Gasteiger partial charge in [0.2, 0.25) is 0 Å². The Balaban J connectivity index is 1.65. The highest BCUT2D eigenvalue weighted by molar-refractivity contribution is 7.47. The molecule has 1 aliphatic heterocycles. The van der Waals surface area contributed by atoms with E-state index in [1.807, 2.05) is 21.1 Å². The summed E-state index contributed by atoms with van der Waals surface area (Å²) in [6.45, 7) is 8.63. The number of phosphoric acid groups is 1. The summed E-state index contributed by atoms with van der Waals surface area (Å²) in [6.07, 6.45) is 28.2. The van der Waals surface area contributed by atoms with Crippen molar-refractivity contribution in [3.63, 3.8) is 0 Å². The SMILES string of the molecule is CCCCC/C=C\CC1OC1CCCCCCCC(=O)O[C@H](COC(=O)CCCCCCCCc1oc(CCCCC)c(C)c1C)COP(=O)(O)OCC[N+](C)(C)C. The average Bonchev–Trinajstić information content (AvgIpc) is 3.87. The van der Waals surface area contributed by atoms with Crippen molar-refractivity contribution in [2.75, 3.05) is 47.5 Å². The number of hydrogen-bond acceptors (Lipinski definition) is 9. The minimum Gasteiger partial charge on any atom is -0.466 e. The topological polar surface area (TPSA) is 134 Å². The molecular weight excluding hydrogens is 757 g/mol. The van der Waals surface area contributed by atoms with E-state index in [0.29, 0.717) is 36.1 Å². The second-order valence-corrected chi connectivity index (χ2v) is 18.9. The van der Waals surface area contributed by atoms with Gasteiger partial charge in [-0.2, -0.15) is 0 Å². The van der Waals surface area contributed by atoms with Gasteiger partial charge in [0.15, 0.2) is 6.10 Å². The first kappa shape index (κ1) is 52.1. The largest absolute Gasteiger partial charge is 0.472 e. The Morgan fingerprint density at radius 3 is 1.93 bits per heavy atom. The Morgan fingerprint density at radius 2 is 1.29 bits per heavy atom. The zero-order valence-corrected chi connectivity index (χ0v) is 38.6. The minimum absolute atomic E-state index is 0.0187. The van der Waals surface area contributed by atoms with Crippen molar-refractivity contribution < 1.29 is 51.2 Å². The molecular formula is C46H83NO10P+. The van der Waals surface area contributed by atoms with E-state index in [0.717, 1.165) is 101 Å². The van der Waals surface area contributed by atoms with E-state index < -0.39 is 32.5 Å². The van der Waals surface area contributed by atoms with Crippen LogP contribution >= 0.6 is 7.82 Å². The van der Waals surface area contributed by atoms with Crippen molar-refractivity contribution in [2.45, 2.75) is 200 Å². The van der Waals surface area contributed by atoms with Gasteiger partial charge in [0.05, 0.1) is 40.0 Å². The van der Waals surface area contributed by atoms with Gasteiger partial charge in [-0.05, 0) is 76.3 Å². The molecule has 3 unspecified atom stereocenters. The molecule has 1 aromatic heterocycles. The molecule has 58 heavy (non-hydrogen) atoms. The second kappa shape index (κ2) is 30.1. The molecule has 12 heteroatoms. The highest BCUT2D eigenvalue weighted by Crippen LogP contribution is 2.43. The summed E-state index contributed by atoms with van der Waals surface area (Å²) < 4.78 is 46.5. The molecule has 2 rings (SSSR count). The van der Waals surface area contributed by atoms with Crippen molar-refractivity contribution in [3.05, 3.63) is 34.8 Å². The van der Waals surface area contributed by atoms with Crippen LogP contribution in [0.2, 0.25) is 0 Å². The summed E-state index contributed by atoms with van der Waals surface area (Å²) in [4.78, 5) is 35.6. The van der Waals surface area contributed by atoms with Crippen LogP contribution in [0, 0.1) is 13.8 Å². The van der Waals surface area contributed by atoms with Crippen LogP contribution < -0.4 is 0 Å². The van der Waals surface area contributed by atoms with Gasteiger partial charge < -0.3 is 28.0 Å². The fourth-order valence-electron chi connectivity index (χ4n) is 6.90. The molecule has 2 heterocycles. The number of ether oxygens (including phenoxy) is 3. The summed E-state index contributed by atoms with van der Waals surface area (Å²) >= 11 is 0. The Morgan fingerprint density at radius 1 is 0.724 bits per heavy atom. The second-order valence-electron chi connectivity index (χ2n) is 17.4. The first-order valence-electron chi connectivity index (χ1n) is 22.9. The number of hydrogen-bond donors (Lipinski definition) is 1.